The largest absolute Gasteiger partial charge is 0.384 e. The Kier molecular flexibility index (Phi) is 4.44. The number of nitro benzene ring substituents is 1. The van der Waals surface area contributed by atoms with Crippen LogP contribution in [0.15, 0.2) is 18.2 Å². The van der Waals surface area contributed by atoms with Crippen molar-refractivity contribution >= 4 is 5.69 Å². The van der Waals surface area contributed by atoms with Crippen molar-refractivity contribution in [1.29, 1.82) is 0 Å². The van der Waals surface area contributed by atoms with Gasteiger partial charge in [0, 0.05) is 31.8 Å². The molecule has 0 saturated carbocycles. The highest BCUT2D eigenvalue weighted by molar-refractivity contribution is 5.36. The monoisotopic (exact) mass is 268 g/mol. The summed E-state index contributed by atoms with van der Waals surface area (Å²) in [7, 11) is 1.67. The number of methoxy groups -OCH3 is 1. The number of rotatable bonds is 5. The standard InChI is InChI=1S/C13H17FN2O3/c1-19-9-10-5-6-15(7-10)8-11-3-2-4-12(13(11)14)16(17)18/h2-4,10H,5-9H2,1H3. The molecule has 0 radical (unpaired) electrons. The van der Waals surface area contributed by atoms with Crippen LogP contribution in [-0.2, 0) is 11.3 Å². The molecule has 0 aliphatic carbocycles. The molecule has 0 N–H and O–H groups in total. The number of halogens is 1. The smallest absolute Gasteiger partial charge is 0.305 e. The normalized spacial score (nSPS) is 19.8. The van der Waals surface area contributed by atoms with E-state index in [1.165, 1.54) is 12.1 Å². The van der Waals surface area contributed by atoms with Crippen LogP contribution in [0.5, 0.6) is 0 Å². The second-order valence-corrected chi connectivity index (χ2v) is 4.85. The molecule has 104 valence electrons. The van der Waals surface area contributed by atoms with E-state index >= 15 is 0 Å². The first kappa shape index (κ1) is 13.9. The molecular formula is C13H17FN2O3. The first-order chi connectivity index (χ1) is 9.11. The number of ether oxygens (including phenoxy) is 1. The Labute approximate surface area is 111 Å². The zero-order valence-electron chi connectivity index (χ0n) is 10.8. The lowest BCUT2D eigenvalue weighted by molar-refractivity contribution is -0.387. The van der Waals surface area contributed by atoms with Crippen molar-refractivity contribution in [3.05, 3.63) is 39.7 Å². The molecule has 2 rings (SSSR count). The van der Waals surface area contributed by atoms with E-state index in [9.17, 15) is 14.5 Å². The van der Waals surface area contributed by atoms with Crippen molar-refractivity contribution < 1.29 is 14.1 Å². The van der Waals surface area contributed by atoms with Crippen LogP contribution in [0.4, 0.5) is 10.1 Å². The highest BCUT2D eigenvalue weighted by Crippen LogP contribution is 2.24. The van der Waals surface area contributed by atoms with Gasteiger partial charge in [0.2, 0.25) is 5.82 Å². The molecule has 0 spiro atoms. The summed E-state index contributed by atoms with van der Waals surface area (Å²) in [4.78, 5) is 12.1. The third-order valence-electron chi connectivity index (χ3n) is 3.42. The summed E-state index contributed by atoms with van der Waals surface area (Å²) in [5, 5.41) is 10.7. The van der Waals surface area contributed by atoms with Gasteiger partial charge in [-0.25, -0.2) is 0 Å². The molecule has 1 aromatic rings. The van der Waals surface area contributed by atoms with Crippen molar-refractivity contribution in [2.24, 2.45) is 5.92 Å². The van der Waals surface area contributed by atoms with Gasteiger partial charge in [0.25, 0.3) is 0 Å². The van der Waals surface area contributed by atoms with Crippen LogP contribution >= 0.6 is 0 Å². The Bertz CT molecular complexity index is 467. The van der Waals surface area contributed by atoms with Crippen LogP contribution in [0, 0.1) is 21.8 Å². The van der Waals surface area contributed by atoms with Gasteiger partial charge in [0.1, 0.15) is 0 Å². The minimum absolute atomic E-state index is 0.382. The molecular weight excluding hydrogens is 251 g/mol. The van der Waals surface area contributed by atoms with Crippen molar-refractivity contribution in [3.63, 3.8) is 0 Å². The SMILES string of the molecule is COCC1CCN(Cc2cccc([N+](=O)[O-])c2F)C1. The third kappa shape index (κ3) is 3.27. The molecule has 1 aromatic carbocycles. The van der Waals surface area contributed by atoms with Crippen LogP contribution in [0.1, 0.15) is 12.0 Å². The molecule has 0 amide bonds. The molecule has 1 aliphatic rings. The fraction of sp³-hybridized carbons (Fsp3) is 0.538. The lowest BCUT2D eigenvalue weighted by Gasteiger charge is -2.16. The third-order valence-corrected chi connectivity index (χ3v) is 3.42. The summed E-state index contributed by atoms with van der Waals surface area (Å²) in [5.41, 5.74) is -0.0718. The van der Waals surface area contributed by atoms with E-state index in [4.69, 9.17) is 4.74 Å². The summed E-state index contributed by atoms with van der Waals surface area (Å²) in [6.07, 6.45) is 1.02. The van der Waals surface area contributed by atoms with Crippen molar-refractivity contribution in [2.75, 3.05) is 26.8 Å². The average Bonchev–Trinajstić information content (AvgIpc) is 2.79. The van der Waals surface area contributed by atoms with Crippen LogP contribution in [0.25, 0.3) is 0 Å². The molecule has 1 aliphatic heterocycles. The lowest BCUT2D eigenvalue weighted by atomic mass is 10.1. The summed E-state index contributed by atoms with van der Waals surface area (Å²) >= 11 is 0. The molecule has 6 heteroatoms. The summed E-state index contributed by atoms with van der Waals surface area (Å²) in [6, 6.07) is 4.32. The molecule has 0 aromatic heterocycles. The van der Waals surface area contributed by atoms with Crippen LogP contribution in [-0.4, -0.2) is 36.6 Å². The maximum absolute atomic E-state index is 13.9. The molecule has 1 unspecified atom stereocenters. The maximum atomic E-state index is 13.9. The number of benzene rings is 1. The Morgan fingerprint density at radius 1 is 1.58 bits per heavy atom. The number of likely N-dealkylation sites (tertiary alicyclic amines) is 1. The molecule has 1 saturated heterocycles. The Balaban J connectivity index is 2.04. The number of nitrogens with zero attached hydrogens (tertiary/aromatic N) is 2. The van der Waals surface area contributed by atoms with Crippen molar-refractivity contribution in [2.45, 2.75) is 13.0 Å². The highest BCUT2D eigenvalue weighted by Gasteiger charge is 2.24. The Hall–Kier alpha value is -1.53. The Morgan fingerprint density at radius 3 is 3.05 bits per heavy atom. The van der Waals surface area contributed by atoms with Gasteiger partial charge in [-0.05, 0) is 18.9 Å². The van der Waals surface area contributed by atoms with Gasteiger partial charge in [-0.1, -0.05) is 12.1 Å². The first-order valence-corrected chi connectivity index (χ1v) is 6.25. The van der Waals surface area contributed by atoms with Crippen LogP contribution in [0.3, 0.4) is 0 Å². The van der Waals surface area contributed by atoms with Crippen molar-refractivity contribution in [3.8, 4) is 0 Å². The number of hydrogen-bond acceptors (Lipinski definition) is 4. The van der Waals surface area contributed by atoms with Gasteiger partial charge in [-0.3, -0.25) is 15.0 Å². The van der Waals surface area contributed by atoms with E-state index in [2.05, 4.69) is 4.90 Å². The van der Waals surface area contributed by atoms with E-state index in [1.54, 1.807) is 13.2 Å². The predicted molar refractivity (Wildman–Crippen MR) is 68.3 cm³/mol. The molecule has 5 nitrogen and oxygen atoms in total. The second kappa shape index (κ2) is 6.08. The van der Waals surface area contributed by atoms with Gasteiger partial charge in [-0.2, -0.15) is 4.39 Å². The lowest BCUT2D eigenvalue weighted by Crippen LogP contribution is -2.22. The van der Waals surface area contributed by atoms with E-state index in [0.717, 1.165) is 19.5 Å². The fourth-order valence-corrected chi connectivity index (χ4v) is 2.50. The molecule has 1 fully saturated rings. The van der Waals surface area contributed by atoms with Gasteiger partial charge < -0.3 is 4.74 Å². The first-order valence-electron chi connectivity index (χ1n) is 6.25. The quantitative estimate of drug-likeness (QED) is 0.607. The van der Waals surface area contributed by atoms with Crippen LogP contribution < -0.4 is 0 Å². The molecule has 0 bridgehead atoms. The predicted octanol–water partition coefficient (Wildman–Crippen LogP) is 2.20. The zero-order chi connectivity index (χ0) is 13.8. The minimum Gasteiger partial charge on any atom is -0.384 e. The molecule has 1 heterocycles. The molecule has 19 heavy (non-hydrogen) atoms. The second-order valence-electron chi connectivity index (χ2n) is 4.85. The number of nitro groups is 1. The number of hydrogen-bond donors (Lipinski definition) is 0. The molecule has 1 atom stereocenters. The summed E-state index contributed by atoms with van der Waals surface area (Å²) in [6.45, 7) is 2.83. The van der Waals surface area contributed by atoms with Gasteiger partial charge in [0.05, 0.1) is 11.5 Å². The fourth-order valence-electron chi connectivity index (χ4n) is 2.50. The van der Waals surface area contributed by atoms with Crippen molar-refractivity contribution in [1.82, 2.24) is 4.90 Å². The van der Waals surface area contributed by atoms with Gasteiger partial charge in [-0.15, -0.1) is 0 Å². The van der Waals surface area contributed by atoms with E-state index in [1.807, 2.05) is 0 Å². The van der Waals surface area contributed by atoms with Gasteiger partial charge in [0.15, 0.2) is 0 Å². The summed E-state index contributed by atoms with van der Waals surface area (Å²) in [5.74, 6) is -0.255. The zero-order valence-corrected chi connectivity index (χ0v) is 10.8. The minimum atomic E-state index is -0.720. The van der Waals surface area contributed by atoms with E-state index in [-0.39, 0.29) is 0 Å². The topological polar surface area (TPSA) is 55.6 Å². The average molecular weight is 268 g/mol. The van der Waals surface area contributed by atoms with Gasteiger partial charge >= 0.3 is 5.69 Å². The summed E-state index contributed by atoms with van der Waals surface area (Å²) < 4.78 is 19.0. The van der Waals surface area contributed by atoms with Crippen LogP contribution in [0.2, 0.25) is 0 Å². The van der Waals surface area contributed by atoms with E-state index in [0.29, 0.717) is 24.6 Å². The maximum Gasteiger partial charge on any atom is 0.305 e. The highest BCUT2D eigenvalue weighted by atomic mass is 19.1. The Morgan fingerprint density at radius 2 is 2.37 bits per heavy atom. The van der Waals surface area contributed by atoms with E-state index < -0.39 is 16.4 Å².